The van der Waals surface area contributed by atoms with Crippen LogP contribution in [-0.4, -0.2) is 59.4 Å². The van der Waals surface area contributed by atoms with Crippen molar-refractivity contribution < 1.29 is 19.1 Å². The van der Waals surface area contributed by atoms with E-state index in [1.54, 1.807) is 20.8 Å². The van der Waals surface area contributed by atoms with Crippen molar-refractivity contribution in [3.05, 3.63) is 18.2 Å². The largest absolute Gasteiger partial charge is 0.483 e. The number of amides is 1. The van der Waals surface area contributed by atoms with Gasteiger partial charge < -0.3 is 20.5 Å². The van der Waals surface area contributed by atoms with Gasteiger partial charge in [-0.15, -0.1) is 0 Å². The summed E-state index contributed by atoms with van der Waals surface area (Å²) in [6, 6.07) is 1.13. The Hall–Kier alpha value is -3.06. The highest BCUT2D eigenvalue weighted by Crippen LogP contribution is 2.11. The van der Waals surface area contributed by atoms with Crippen molar-refractivity contribution in [2.24, 2.45) is 10.7 Å². The van der Waals surface area contributed by atoms with E-state index in [1.807, 2.05) is 6.07 Å². The summed E-state index contributed by atoms with van der Waals surface area (Å²) in [5.41, 5.74) is 4.50. The quantitative estimate of drug-likeness (QED) is 0.293. The van der Waals surface area contributed by atoms with Crippen LogP contribution in [-0.2, 0) is 14.3 Å². The fourth-order valence-electron chi connectivity index (χ4n) is 2.10. The molecule has 3 N–H and O–H groups in total. The highest BCUT2D eigenvalue weighted by molar-refractivity contribution is 5.92. The van der Waals surface area contributed by atoms with Crippen molar-refractivity contribution in [3.8, 4) is 11.8 Å². The van der Waals surface area contributed by atoms with Gasteiger partial charge in [-0.3, -0.25) is 14.6 Å². The fraction of sp³-hybridized carbons (Fsp3) is 0.579. The smallest absolute Gasteiger partial charge is 0.252 e. The van der Waals surface area contributed by atoms with Gasteiger partial charge in [-0.25, -0.2) is 9.97 Å². The third-order valence-corrected chi connectivity index (χ3v) is 4.12. The van der Waals surface area contributed by atoms with Crippen molar-refractivity contribution in [3.63, 3.8) is 0 Å². The number of carbonyl (C=O) groups excluding carboxylic acids is 2. The van der Waals surface area contributed by atoms with Gasteiger partial charge in [-0.2, -0.15) is 5.26 Å². The molecule has 0 fully saturated rings. The molecule has 1 atom stereocenters. The molecule has 0 aromatic carbocycles. The molecule has 0 saturated carbocycles. The highest BCUT2D eigenvalue weighted by Gasteiger charge is 2.31. The van der Waals surface area contributed by atoms with Gasteiger partial charge in [0, 0.05) is 13.7 Å². The lowest BCUT2D eigenvalue weighted by atomic mass is 10.0. The first-order valence-corrected chi connectivity index (χ1v) is 9.15. The van der Waals surface area contributed by atoms with Crippen LogP contribution in [0.5, 0.6) is 5.75 Å². The van der Waals surface area contributed by atoms with Gasteiger partial charge in [-0.1, -0.05) is 0 Å². The van der Waals surface area contributed by atoms with Crippen molar-refractivity contribution in [1.82, 2.24) is 15.3 Å². The van der Waals surface area contributed by atoms with Crippen molar-refractivity contribution in [2.45, 2.75) is 51.7 Å². The van der Waals surface area contributed by atoms with Gasteiger partial charge in [0.05, 0.1) is 30.9 Å². The van der Waals surface area contributed by atoms with Gasteiger partial charge in [-0.05, 0) is 33.6 Å². The third kappa shape index (κ3) is 8.66. The van der Waals surface area contributed by atoms with Crippen molar-refractivity contribution >= 4 is 17.5 Å². The summed E-state index contributed by atoms with van der Waals surface area (Å²) in [4.78, 5) is 37.1. The third-order valence-electron chi connectivity index (χ3n) is 4.12. The Morgan fingerprint density at radius 3 is 2.62 bits per heavy atom. The van der Waals surface area contributed by atoms with Crippen LogP contribution in [0.1, 0.15) is 38.9 Å². The first-order valence-electron chi connectivity index (χ1n) is 9.15. The minimum absolute atomic E-state index is 0.0492. The van der Waals surface area contributed by atoms with Crippen LogP contribution in [0.25, 0.3) is 0 Å². The van der Waals surface area contributed by atoms with Crippen molar-refractivity contribution in [2.75, 3.05) is 20.3 Å². The molecule has 0 unspecified atom stereocenters. The van der Waals surface area contributed by atoms with Gasteiger partial charge in [0.2, 0.25) is 0 Å². The first-order chi connectivity index (χ1) is 13.7. The van der Waals surface area contributed by atoms with Gasteiger partial charge >= 0.3 is 0 Å². The molecule has 0 bridgehead atoms. The molecule has 1 rings (SSSR count). The van der Waals surface area contributed by atoms with Crippen LogP contribution in [0.3, 0.4) is 0 Å². The predicted octanol–water partition coefficient (Wildman–Crippen LogP) is 0.694. The van der Waals surface area contributed by atoms with E-state index in [-0.39, 0.29) is 24.6 Å². The molecular weight excluding hydrogens is 376 g/mol. The second kappa shape index (κ2) is 11.7. The lowest BCUT2D eigenvalue weighted by Crippen LogP contribution is -2.51. The van der Waals surface area contributed by atoms with Crippen LogP contribution >= 0.6 is 0 Å². The highest BCUT2D eigenvalue weighted by atomic mass is 16.5. The number of nitrogens with one attached hydrogen (secondary N) is 1. The molecule has 29 heavy (non-hydrogen) atoms. The van der Waals surface area contributed by atoms with E-state index in [4.69, 9.17) is 20.5 Å². The van der Waals surface area contributed by atoms with Gasteiger partial charge in [0.25, 0.3) is 5.91 Å². The molecule has 0 saturated heterocycles. The molecule has 10 heteroatoms. The minimum Gasteiger partial charge on any atom is -0.483 e. The van der Waals surface area contributed by atoms with Crippen LogP contribution in [0.15, 0.2) is 17.4 Å². The number of aliphatic imine (C=N–C) groups is 1. The average molecular weight is 404 g/mol. The second-order valence-electron chi connectivity index (χ2n) is 6.81. The zero-order valence-corrected chi connectivity index (χ0v) is 17.3. The molecule has 1 heterocycles. The number of aromatic nitrogens is 2. The standard InChI is InChI=1S/C19H28N6O4/c1-13-23-10-14(11-24-13)29-12-16(26)15(25-18(27)19(2,3)28-4)6-5-9-22-17(21)7-8-20/h10-11,15H,5-7,9,12H2,1-4H3,(H2,21,22)(H,25,27)/t15-/m0/s1. The van der Waals surface area contributed by atoms with E-state index in [9.17, 15) is 9.59 Å². The summed E-state index contributed by atoms with van der Waals surface area (Å²) in [6.07, 6.45) is 3.83. The minimum atomic E-state index is -1.08. The number of carbonyl (C=O) groups is 2. The predicted molar refractivity (Wildman–Crippen MR) is 106 cm³/mol. The SMILES string of the molecule is COC(C)(C)C(=O)N[C@@H](CCCN=C(N)CC#N)C(=O)COc1cnc(C)nc1. The monoisotopic (exact) mass is 404 g/mol. The van der Waals surface area contributed by atoms with Crippen LogP contribution in [0.4, 0.5) is 0 Å². The summed E-state index contributed by atoms with van der Waals surface area (Å²) in [6.45, 7) is 5.05. The molecule has 1 amide bonds. The molecule has 1 aromatic heterocycles. The maximum absolute atomic E-state index is 12.6. The molecule has 158 valence electrons. The molecule has 0 radical (unpaired) electrons. The Balaban J connectivity index is 2.73. The maximum Gasteiger partial charge on any atom is 0.252 e. The summed E-state index contributed by atoms with van der Waals surface area (Å²) < 4.78 is 10.6. The normalized spacial score (nSPS) is 12.7. The van der Waals surface area contributed by atoms with Crippen LogP contribution < -0.4 is 15.8 Å². The number of aryl methyl sites for hydroxylation is 1. The van der Waals surface area contributed by atoms with E-state index < -0.39 is 17.6 Å². The Morgan fingerprint density at radius 1 is 1.38 bits per heavy atom. The number of ether oxygens (including phenoxy) is 2. The van der Waals surface area contributed by atoms with Crippen LogP contribution in [0.2, 0.25) is 0 Å². The Bertz CT molecular complexity index is 755. The molecule has 0 aliphatic heterocycles. The van der Waals surface area contributed by atoms with E-state index in [2.05, 4.69) is 20.3 Å². The molecule has 0 aliphatic rings. The summed E-state index contributed by atoms with van der Waals surface area (Å²) >= 11 is 0. The number of nitrogens with zero attached hydrogens (tertiary/aromatic N) is 4. The molecule has 10 nitrogen and oxygen atoms in total. The summed E-state index contributed by atoms with van der Waals surface area (Å²) in [5, 5.41) is 11.3. The lowest BCUT2D eigenvalue weighted by molar-refractivity contribution is -0.142. The Labute approximate surface area is 170 Å². The van der Waals surface area contributed by atoms with Gasteiger partial charge in [0.15, 0.2) is 11.5 Å². The van der Waals surface area contributed by atoms with E-state index in [1.165, 1.54) is 19.5 Å². The van der Waals surface area contributed by atoms with E-state index in [0.29, 0.717) is 31.0 Å². The van der Waals surface area contributed by atoms with Crippen LogP contribution in [0, 0.1) is 18.3 Å². The Morgan fingerprint density at radius 2 is 2.03 bits per heavy atom. The number of rotatable bonds is 12. The van der Waals surface area contributed by atoms with Crippen molar-refractivity contribution in [1.29, 1.82) is 5.26 Å². The maximum atomic E-state index is 12.6. The summed E-state index contributed by atoms with van der Waals surface area (Å²) in [5.74, 6) is 0.471. The fourth-order valence-corrected chi connectivity index (χ4v) is 2.10. The number of nitrogens with two attached hydrogens (primary N) is 1. The van der Waals surface area contributed by atoms with E-state index in [0.717, 1.165) is 0 Å². The average Bonchev–Trinajstić information content (AvgIpc) is 2.69. The van der Waals surface area contributed by atoms with Gasteiger partial charge in [0.1, 0.15) is 23.9 Å². The molecule has 0 spiro atoms. The number of methoxy groups -OCH3 is 1. The number of nitriles is 1. The molecule has 0 aliphatic carbocycles. The molecule has 1 aromatic rings. The number of hydrogen-bond donors (Lipinski definition) is 2. The zero-order chi connectivity index (χ0) is 21.9. The zero-order valence-electron chi connectivity index (χ0n) is 17.3. The number of amidine groups is 1. The number of Topliss-reactive ketones (excluding diaryl/α,β-unsaturated/α-hetero) is 1. The number of ketones is 1. The lowest BCUT2D eigenvalue weighted by Gasteiger charge is -2.25. The Kier molecular flexibility index (Phi) is 9.68. The topological polar surface area (TPSA) is 153 Å². The van der Waals surface area contributed by atoms with E-state index >= 15 is 0 Å². The first kappa shape index (κ1) is 24.0. The second-order valence-corrected chi connectivity index (χ2v) is 6.81. The molecular formula is C19H28N6O4. The number of hydrogen-bond acceptors (Lipinski definition) is 8. The summed E-state index contributed by atoms with van der Waals surface area (Å²) in [7, 11) is 1.42.